The van der Waals surface area contributed by atoms with Crippen molar-refractivity contribution in [2.45, 2.75) is 12.2 Å². The molecule has 4 nitrogen and oxygen atoms in total. The monoisotopic (exact) mass is 212 g/mol. The highest BCUT2D eigenvalue weighted by atomic mass is 19.4. The second kappa shape index (κ2) is 5.80. The smallest absolute Gasteiger partial charge is 0.395 e. The highest BCUT2D eigenvalue weighted by Gasteiger charge is 2.39. The van der Waals surface area contributed by atoms with Gasteiger partial charge in [-0.1, -0.05) is 0 Å². The summed E-state index contributed by atoms with van der Waals surface area (Å²) in [4.78, 5) is 0. The number of hydrogen-bond donors (Lipinski definition) is 3. The van der Waals surface area contributed by atoms with Crippen LogP contribution in [0.25, 0.3) is 0 Å². The van der Waals surface area contributed by atoms with Crippen LogP contribution in [0.3, 0.4) is 0 Å². The standard InChI is InChI=1S/C7H11F3N2O2/c8-7(9,10)5(1-11)2-12-6(3-13)4-14/h5-6,12-14H,2-4H2. The average Bonchev–Trinajstić information content (AvgIpc) is 2.10. The molecule has 82 valence electrons. The first-order chi connectivity index (χ1) is 6.45. The Morgan fingerprint density at radius 1 is 1.29 bits per heavy atom. The maximum atomic E-state index is 12.0. The van der Waals surface area contributed by atoms with Crippen molar-refractivity contribution in [2.24, 2.45) is 5.92 Å². The maximum absolute atomic E-state index is 12.0. The summed E-state index contributed by atoms with van der Waals surface area (Å²) in [7, 11) is 0. The molecule has 0 aliphatic rings. The molecule has 1 unspecified atom stereocenters. The number of rotatable bonds is 5. The molecule has 1 atom stereocenters. The predicted molar refractivity (Wildman–Crippen MR) is 41.1 cm³/mol. The van der Waals surface area contributed by atoms with E-state index in [0.717, 1.165) is 6.07 Å². The largest absolute Gasteiger partial charge is 0.405 e. The van der Waals surface area contributed by atoms with Crippen LogP contribution in [0.15, 0.2) is 0 Å². The number of halogens is 3. The second-order valence-corrected chi connectivity index (χ2v) is 2.69. The minimum absolute atomic E-state index is 0.480. The lowest BCUT2D eigenvalue weighted by Crippen LogP contribution is -2.41. The number of nitriles is 1. The summed E-state index contributed by atoms with van der Waals surface area (Å²) in [6, 6.07) is 0.269. The van der Waals surface area contributed by atoms with Crippen molar-refractivity contribution >= 4 is 0 Å². The first-order valence-electron chi connectivity index (χ1n) is 3.87. The van der Waals surface area contributed by atoms with Crippen molar-refractivity contribution < 1.29 is 23.4 Å². The lowest BCUT2D eigenvalue weighted by molar-refractivity contribution is -0.158. The fraction of sp³-hybridized carbons (Fsp3) is 0.857. The van der Waals surface area contributed by atoms with Crippen LogP contribution < -0.4 is 5.32 Å². The SMILES string of the molecule is N#CC(CNC(CO)CO)C(F)(F)F. The molecule has 0 aromatic rings. The van der Waals surface area contributed by atoms with Crippen molar-refractivity contribution in [2.75, 3.05) is 19.8 Å². The van der Waals surface area contributed by atoms with E-state index >= 15 is 0 Å². The van der Waals surface area contributed by atoms with Crippen LogP contribution in [-0.4, -0.2) is 42.2 Å². The fourth-order valence-electron chi connectivity index (χ4n) is 0.706. The summed E-state index contributed by atoms with van der Waals surface area (Å²) >= 11 is 0. The molecular formula is C7H11F3N2O2. The third-order valence-corrected chi connectivity index (χ3v) is 1.60. The highest BCUT2D eigenvalue weighted by molar-refractivity contribution is 4.90. The number of nitrogens with one attached hydrogen (secondary N) is 1. The Bertz CT molecular complexity index is 198. The Morgan fingerprint density at radius 3 is 2.07 bits per heavy atom. The Labute approximate surface area is 79.0 Å². The molecule has 3 N–H and O–H groups in total. The lowest BCUT2D eigenvalue weighted by Gasteiger charge is -2.17. The zero-order chi connectivity index (χ0) is 11.2. The molecule has 0 saturated carbocycles. The number of nitrogens with zero attached hydrogens (tertiary/aromatic N) is 1. The Morgan fingerprint density at radius 2 is 1.79 bits per heavy atom. The van der Waals surface area contributed by atoms with Gasteiger partial charge < -0.3 is 15.5 Å². The van der Waals surface area contributed by atoms with Crippen LogP contribution in [-0.2, 0) is 0 Å². The first-order valence-corrected chi connectivity index (χ1v) is 3.87. The predicted octanol–water partition coefficient (Wildman–Crippen LogP) is -0.369. The van der Waals surface area contributed by atoms with Crippen molar-refractivity contribution in [3.63, 3.8) is 0 Å². The Kier molecular flexibility index (Phi) is 5.45. The number of hydrogen-bond acceptors (Lipinski definition) is 4. The fourth-order valence-corrected chi connectivity index (χ4v) is 0.706. The van der Waals surface area contributed by atoms with Crippen LogP contribution in [0.5, 0.6) is 0 Å². The zero-order valence-corrected chi connectivity index (χ0v) is 7.25. The minimum atomic E-state index is -4.59. The summed E-state index contributed by atoms with van der Waals surface area (Å²) in [5.41, 5.74) is 0. The maximum Gasteiger partial charge on any atom is 0.405 e. The van der Waals surface area contributed by atoms with Gasteiger partial charge in [0, 0.05) is 6.54 Å². The van der Waals surface area contributed by atoms with Crippen molar-refractivity contribution in [1.82, 2.24) is 5.32 Å². The Hall–Kier alpha value is -0.840. The van der Waals surface area contributed by atoms with Gasteiger partial charge in [0.25, 0.3) is 0 Å². The molecule has 0 amide bonds. The molecule has 0 aromatic heterocycles. The van der Waals surface area contributed by atoms with Crippen molar-refractivity contribution in [3.8, 4) is 6.07 Å². The van der Waals surface area contributed by atoms with Crippen molar-refractivity contribution in [1.29, 1.82) is 5.26 Å². The van der Waals surface area contributed by atoms with Gasteiger partial charge in [-0.2, -0.15) is 18.4 Å². The molecular weight excluding hydrogens is 201 g/mol. The third kappa shape index (κ3) is 4.41. The van der Waals surface area contributed by atoms with Crippen LogP contribution in [0.1, 0.15) is 0 Å². The summed E-state index contributed by atoms with van der Waals surface area (Å²) in [6.45, 7) is -1.59. The minimum Gasteiger partial charge on any atom is -0.395 e. The number of alkyl halides is 3. The molecule has 0 fully saturated rings. The highest BCUT2D eigenvalue weighted by Crippen LogP contribution is 2.24. The van der Waals surface area contributed by atoms with E-state index in [1.54, 1.807) is 0 Å². The van der Waals surface area contributed by atoms with Gasteiger partial charge in [0.1, 0.15) is 0 Å². The van der Waals surface area contributed by atoms with E-state index in [0.29, 0.717) is 0 Å². The van der Waals surface area contributed by atoms with Gasteiger partial charge in [-0.05, 0) is 0 Å². The van der Waals surface area contributed by atoms with Crippen molar-refractivity contribution in [3.05, 3.63) is 0 Å². The molecule has 0 spiro atoms. The van der Waals surface area contributed by atoms with Crippen LogP contribution in [0, 0.1) is 17.2 Å². The first kappa shape index (κ1) is 13.2. The van der Waals surface area contributed by atoms with Gasteiger partial charge >= 0.3 is 6.18 Å². The van der Waals surface area contributed by atoms with E-state index in [2.05, 4.69) is 5.32 Å². The van der Waals surface area contributed by atoms with Gasteiger partial charge in [0.15, 0.2) is 5.92 Å². The lowest BCUT2D eigenvalue weighted by atomic mass is 10.1. The summed E-state index contributed by atoms with van der Waals surface area (Å²) < 4.78 is 36.0. The molecule has 0 aliphatic heterocycles. The molecule has 0 rings (SSSR count). The summed E-state index contributed by atoms with van der Waals surface area (Å²) in [5, 5.41) is 27.5. The third-order valence-electron chi connectivity index (χ3n) is 1.60. The molecule has 0 aromatic carbocycles. The molecule has 0 heterocycles. The van der Waals surface area contributed by atoms with Gasteiger partial charge in [-0.25, -0.2) is 0 Å². The van der Waals surface area contributed by atoms with Crippen LogP contribution in [0.4, 0.5) is 13.2 Å². The normalized spacial score (nSPS) is 14.1. The summed E-state index contributed by atoms with van der Waals surface area (Å²) in [6.07, 6.45) is -4.59. The average molecular weight is 212 g/mol. The zero-order valence-electron chi connectivity index (χ0n) is 7.25. The number of aliphatic hydroxyl groups is 2. The van der Waals surface area contributed by atoms with E-state index in [1.807, 2.05) is 0 Å². The van der Waals surface area contributed by atoms with E-state index in [-0.39, 0.29) is 0 Å². The van der Waals surface area contributed by atoms with Gasteiger partial charge in [0.2, 0.25) is 0 Å². The second-order valence-electron chi connectivity index (χ2n) is 2.69. The van der Waals surface area contributed by atoms with Crippen LogP contribution in [0.2, 0.25) is 0 Å². The molecule has 0 aliphatic carbocycles. The molecule has 0 bridgehead atoms. The topological polar surface area (TPSA) is 76.3 Å². The summed E-state index contributed by atoms with van der Waals surface area (Å²) in [5.74, 6) is -2.12. The molecule has 0 saturated heterocycles. The van der Waals surface area contributed by atoms with E-state index in [9.17, 15) is 13.2 Å². The molecule has 7 heteroatoms. The quantitative estimate of drug-likeness (QED) is 0.581. The molecule has 14 heavy (non-hydrogen) atoms. The van der Waals surface area contributed by atoms with Gasteiger partial charge in [0.05, 0.1) is 25.3 Å². The van der Waals surface area contributed by atoms with Gasteiger partial charge in [-0.15, -0.1) is 0 Å². The van der Waals surface area contributed by atoms with Gasteiger partial charge in [-0.3, -0.25) is 0 Å². The van der Waals surface area contributed by atoms with Crippen LogP contribution >= 0.6 is 0 Å². The van der Waals surface area contributed by atoms with E-state index in [4.69, 9.17) is 15.5 Å². The van der Waals surface area contributed by atoms with E-state index < -0.39 is 37.9 Å². The van der Waals surface area contributed by atoms with E-state index in [1.165, 1.54) is 0 Å². The number of aliphatic hydroxyl groups excluding tert-OH is 2. The Balaban J connectivity index is 4.04. The molecule has 0 radical (unpaired) electrons.